The molecule has 3 aromatic rings. The van der Waals surface area contributed by atoms with Crippen LogP contribution >= 0.6 is 11.3 Å². The van der Waals surface area contributed by atoms with Gasteiger partial charge in [0.05, 0.1) is 18.4 Å². The number of benzene rings is 2. The van der Waals surface area contributed by atoms with Crippen molar-refractivity contribution < 1.29 is 4.74 Å². The molecule has 2 aromatic carbocycles. The van der Waals surface area contributed by atoms with Gasteiger partial charge in [-0.2, -0.15) is 5.26 Å². The van der Waals surface area contributed by atoms with E-state index in [0.29, 0.717) is 5.57 Å². The number of aromatic nitrogens is 1. The lowest BCUT2D eigenvalue weighted by Crippen LogP contribution is -1.87. The number of nitrogens with zero attached hydrogens (tertiary/aromatic N) is 2. The van der Waals surface area contributed by atoms with Crippen LogP contribution in [0.1, 0.15) is 43.2 Å². The predicted octanol–water partition coefficient (Wildman–Crippen LogP) is 7.39. The standard InChI is InChI=1S/C26H26N2OS/c1-3-4-6-11-21(16-20-9-7-5-8-10-20)17-23(18-27)26-28-25(19-30-26)22-12-14-24(29-2)15-13-22/h5,7-10,12-17,19H,3-4,6,11H2,1-2H3/b21-16+,23-17+. The van der Waals surface area contributed by atoms with Gasteiger partial charge in [-0.25, -0.2) is 4.98 Å². The molecule has 3 rings (SSSR count). The molecule has 3 nitrogen and oxygen atoms in total. The molecule has 152 valence electrons. The van der Waals surface area contributed by atoms with Crippen LogP contribution in [0.4, 0.5) is 0 Å². The summed E-state index contributed by atoms with van der Waals surface area (Å²) in [6.07, 6.45) is 8.58. The lowest BCUT2D eigenvalue weighted by Gasteiger charge is -2.04. The second-order valence-electron chi connectivity index (χ2n) is 7.02. The lowest BCUT2D eigenvalue weighted by molar-refractivity contribution is 0.415. The minimum atomic E-state index is 0.610. The summed E-state index contributed by atoms with van der Waals surface area (Å²) >= 11 is 1.50. The maximum absolute atomic E-state index is 9.82. The van der Waals surface area contributed by atoms with Gasteiger partial charge in [0, 0.05) is 10.9 Å². The quantitative estimate of drug-likeness (QED) is 0.208. The van der Waals surface area contributed by atoms with Crippen molar-refractivity contribution in [1.82, 2.24) is 4.98 Å². The molecule has 1 aromatic heterocycles. The molecule has 0 aliphatic carbocycles. The zero-order chi connectivity index (χ0) is 21.2. The van der Waals surface area contributed by atoms with Crippen LogP contribution in [0.25, 0.3) is 22.9 Å². The smallest absolute Gasteiger partial charge is 0.134 e. The molecular formula is C26H26N2OS. The van der Waals surface area contributed by atoms with Gasteiger partial charge in [0.1, 0.15) is 16.8 Å². The fourth-order valence-electron chi connectivity index (χ4n) is 3.15. The monoisotopic (exact) mass is 414 g/mol. The van der Waals surface area contributed by atoms with E-state index < -0.39 is 0 Å². The summed E-state index contributed by atoms with van der Waals surface area (Å²) in [5.41, 5.74) is 4.80. The molecule has 4 heteroatoms. The Morgan fingerprint density at radius 1 is 1.10 bits per heavy atom. The van der Waals surface area contributed by atoms with Crippen LogP contribution in [0.5, 0.6) is 5.75 Å². The van der Waals surface area contributed by atoms with E-state index in [-0.39, 0.29) is 0 Å². The number of methoxy groups -OCH3 is 1. The Hall–Kier alpha value is -3.16. The second-order valence-corrected chi connectivity index (χ2v) is 7.88. The molecule has 0 amide bonds. The van der Waals surface area contributed by atoms with Gasteiger partial charge in [0.25, 0.3) is 0 Å². The summed E-state index contributed by atoms with van der Waals surface area (Å²) in [7, 11) is 1.65. The fraction of sp³-hybridized carbons (Fsp3) is 0.231. The first-order chi connectivity index (χ1) is 14.7. The number of hydrogen-bond donors (Lipinski definition) is 0. The van der Waals surface area contributed by atoms with Crippen LogP contribution in [-0.2, 0) is 0 Å². The molecule has 0 N–H and O–H groups in total. The molecule has 0 saturated carbocycles. The number of ether oxygens (including phenoxy) is 1. The average Bonchev–Trinajstić information content (AvgIpc) is 3.28. The third-order valence-corrected chi connectivity index (χ3v) is 5.67. The average molecular weight is 415 g/mol. The van der Waals surface area contributed by atoms with Crippen LogP contribution < -0.4 is 4.74 Å². The first-order valence-electron chi connectivity index (χ1n) is 10.2. The Morgan fingerprint density at radius 2 is 1.87 bits per heavy atom. The number of nitriles is 1. The molecule has 1 heterocycles. The molecule has 0 fully saturated rings. The van der Waals surface area contributed by atoms with Crippen LogP contribution in [0.3, 0.4) is 0 Å². The van der Waals surface area contributed by atoms with Gasteiger partial charge in [0.2, 0.25) is 0 Å². The molecule has 0 radical (unpaired) electrons. The van der Waals surface area contributed by atoms with E-state index in [9.17, 15) is 5.26 Å². The number of thiazole rings is 1. The largest absolute Gasteiger partial charge is 0.497 e. The summed E-state index contributed by atoms with van der Waals surface area (Å²) in [5, 5.41) is 12.6. The van der Waals surface area contributed by atoms with E-state index in [1.807, 2.05) is 53.9 Å². The number of unbranched alkanes of at least 4 members (excludes halogenated alkanes) is 2. The van der Waals surface area contributed by atoms with E-state index in [1.165, 1.54) is 24.2 Å². The first kappa shape index (κ1) is 21.5. The topological polar surface area (TPSA) is 45.9 Å². The zero-order valence-corrected chi connectivity index (χ0v) is 18.3. The number of allylic oxidation sites excluding steroid dienone is 3. The van der Waals surface area contributed by atoms with Crippen molar-refractivity contribution in [2.45, 2.75) is 32.6 Å². The van der Waals surface area contributed by atoms with Gasteiger partial charge in [0.15, 0.2) is 0 Å². The third kappa shape index (κ3) is 5.92. The molecular weight excluding hydrogens is 388 g/mol. The van der Waals surface area contributed by atoms with Gasteiger partial charge in [-0.05, 0) is 54.3 Å². The Kier molecular flexibility index (Phi) is 8.00. The van der Waals surface area contributed by atoms with Gasteiger partial charge in [-0.15, -0.1) is 11.3 Å². The van der Waals surface area contributed by atoms with E-state index in [4.69, 9.17) is 9.72 Å². The number of rotatable bonds is 9. The van der Waals surface area contributed by atoms with Crippen LogP contribution in [0.15, 0.2) is 71.6 Å². The van der Waals surface area contributed by atoms with Crippen molar-refractivity contribution in [1.29, 1.82) is 5.26 Å². The van der Waals surface area contributed by atoms with Crippen molar-refractivity contribution >= 4 is 23.0 Å². The van der Waals surface area contributed by atoms with E-state index in [2.05, 4.69) is 31.2 Å². The minimum absolute atomic E-state index is 0.610. The molecule has 30 heavy (non-hydrogen) atoms. The minimum Gasteiger partial charge on any atom is -0.497 e. The van der Waals surface area contributed by atoms with Gasteiger partial charge in [-0.3, -0.25) is 0 Å². The zero-order valence-electron chi connectivity index (χ0n) is 17.5. The Bertz CT molecular complexity index is 1040. The summed E-state index contributed by atoms with van der Waals surface area (Å²) < 4.78 is 5.22. The highest BCUT2D eigenvalue weighted by Crippen LogP contribution is 2.29. The van der Waals surface area contributed by atoms with Crippen LogP contribution in [0.2, 0.25) is 0 Å². The Balaban J connectivity index is 1.88. The maximum atomic E-state index is 9.82. The Morgan fingerprint density at radius 3 is 2.53 bits per heavy atom. The highest BCUT2D eigenvalue weighted by molar-refractivity contribution is 7.11. The van der Waals surface area contributed by atoms with Gasteiger partial charge < -0.3 is 4.74 Å². The van der Waals surface area contributed by atoms with Crippen LogP contribution in [-0.4, -0.2) is 12.1 Å². The molecule has 0 spiro atoms. The van der Waals surface area contributed by atoms with Crippen molar-refractivity contribution in [2.75, 3.05) is 7.11 Å². The SMILES string of the molecule is CCCCCC(=C\c1ccccc1)/C=C(\C#N)c1nc(-c2ccc(OC)cc2)cs1. The molecule has 0 unspecified atom stereocenters. The predicted molar refractivity (Wildman–Crippen MR) is 126 cm³/mol. The molecule has 0 aliphatic heterocycles. The van der Waals surface area contributed by atoms with Crippen molar-refractivity contribution in [3.63, 3.8) is 0 Å². The van der Waals surface area contributed by atoms with Crippen molar-refractivity contribution in [2.24, 2.45) is 0 Å². The molecule has 0 aliphatic rings. The van der Waals surface area contributed by atoms with Crippen molar-refractivity contribution in [3.05, 3.63) is 82.2 Å². The van der Waals surface area contributed by atoms with Gasteiger partial charge in [-0.1, -0.05) is 56.2 Å². The van der Waals surface area contributed by atoms with Crippen LogP contribution in [0, 0.1) is 11.3 Å². The number of hydrogen-bond acceptors (Lipinski definition) is 4. The second kappa shape index (κ2) is 11.1. The normalized spacial score (nSPS) is 11.9. The highest BCUT2D eigenvalue weighted by Gasteiger charge is 2.10. The third-order valence-electron chi connectivity index (χ3n) is 4.79. The van der Waals surface area contributed by atoms with E-state index in [1.54, 1.807) is 7.11 Å². The summed E-state index contributed by atoms with van der Waals surface area (Å²) in [5.74, 6) is 0.814. The highest BCUT2D eigenvalue weighted by atomic mass is 32.1. The maximum Gasteiger partial charge on any atom is 0.134 e. The molecule has 0 saturated heterocycles. The summed E-state index contributed by atoms with van der Waals surface area (Å²) in [6, 6.07) is 20.4. The van der Waals surface area contributed by atoms with Gasteiger partial charge >= 0.3 is 0 Å². The van der Waals surface area contributed by atoms with Crippen molar-refractivity contribution in [3.8, 4) is 23.1 Å². The van der Waals surface area contributed by atoms with E-state index >= 15 is 0 Å². The first-order valence-corrected chi connectivity index (χ1v) is 11.1. The fourth-order valence-corrected chi connectivity index (χ4v) is 3.94. The Labute approximate surface area is 183 Å². The summed E-state index contributed by atoms with van der Waals surface area (Å²) in [6.45, 7) is 2.20. The summed E-state index contributed by atoms with van der Waals surface area (Å²) in [4.78, 5) is 4.72. The lowest BCUT2D eigenvalue weighted by atomic mass is 10.0. The molecule has 0 bridgehead atoms. The molecule has 0 atom stereocenters. The van der Waals surface area contributed by atoms with E-state index in [0.717, 1.165) is 46.0 Å².